The summed E-state index contributed by atoms with van der Waals surface area (Å²) < 4.78 is 0. The molecule has 0 radical (unpaired) electrons. The molecule has 1 aromatic rings. The smallest absolute Gasteiger partial charge is 0.320 e. The van der Waals surface area contributed by atoms with Gasteiger partial charge in [-0.25, -0.2) is 4.98 Å². The molecular formula is C6H12F3N3O2. The van der Waals surface area contributed by atoms with E-state index in [-0.39, 0.29) is 20.5 Å². The zero-order valence-electron chi connectivity index (χ0n) is 7.04. The number of carboxylic acid groups (broad SMARTS) is 1. The summed E-state index contributed by atoms with van der Waals surface area (Å²) in [5.41, 5.74) is 6.00. The van der Waals surface area contributed by atoms with Crippen molar-refractivity contribution in [3.63, 3.8) is 0 Å². The number of halogens is 3. The standard InChI is InChI=1S/C6H9N3O2.3FH/c7-5(6(10)11)1-4-2-8-3-9-4;;;/h2-3,5H,1,7H2,(H,8,9)(H,10,11);3*1H/t5-;;;/m1.../s1. The van der Waals surface area contributed by atoms with Crippen LogP contribution in [-0.4, -0.2) is 27.1 Å². The van der Waals surface area contributed by atoms with Crippen LogP contribution >= 0.6 is 0 Å². The van der Waals surface area contributed by atoms with E-state index in [0.717, 1.165) is 5.69 Å². The SMILES string of the molecule is F.F.F.N[C@H](Cc1cnc[nH]1)C(=O)O. The van der Waals surface area contributed by atoms with Crippen molar-refractivity contribution in [1.29, 1.82) is 0 Å². The predicted molar refractivity (Wildman–Crippen MR) is 45.4 cm³/mol. The molecule has 4 N–H and O–H groups in total. The second-order valence-electron chi connectivity index (χ2n) is 2.23. The van der Waals surface area contributed by atoms with Crippen LogP contribution in [0, 0.1) is 0 Å². The van der Waals surface area contributed by atoms with Gasteiger partial charge in [0.05, 0.1) is 6.33 Å². The van der Waals surface area contributed by atoms with Crippen LogP contribution in [0.1, 0.15) is 5.69 Å². The number of aromatic nitrogens is 2. The molecule has 1 heterocycles. The van der Waals surface area contributed by atoms with E-state index < -0.39 is 12.0 Å². The first-order valence-electron chi connectivity index (χ1n) is 3.16. The fourth-order valence-corrected chi connectivity index (χ4v) is 0.721. The van der Waals surface area contributed by atoms with Gasteiger partial charge in [-0.3, -0.25) is 18.9 Å². The number of hydrogen-bond acceptors (Lipinski definition) is 3. The molecule has 1 atom stereocenters. The lowest BCUT2D eigenvalue weighted by Crippen LogP contribution is -2.32. The number of carboxylic acids is 1. The monoisotopic (exact) mass is 215 g/mol. The van der Waals surface area contributed by atoms with Crippen LogP contribution in [0.4, 0.5) is 14.1 Å². The van der Waals surface area contributed by atoms with Crippen LogP contribution in [0.15, 0.2) is 12.5 Å². The highest BCUT2D eigenvalue weighted by molar-refractivity contribution is 5.73. The second kappa shape index (κ2) is 8.05. The van der Waals surface area contributed by atoms with E-state index in [9.17, 15) is 4.79 Å². The van der Waals surface area contributed by atoms with Crippen molar-refractivity contribution in [1.82, 2.24) is 9.97 Å². The van der Waals surface area contributed by atoms with Gasteiger partial charge < -0.3 is 15.8 Å². The lowest BCUT2D eigenvalue weighted by Gasteiger charge is -2.02. The van der Waals surface area contributed by atoms with E-state index in [2.05, 4.69) is 9.97 Å². The highest BCUT2D eigenvalue weighted by atomic mass is 19.0. The van der Waals surface area contributed by atoms with Gasteiger partial charge in [0.1, 0.15) is 6.04 Å². The Morgan fingerprint density at radius 3 is 2.50 bits per heavy atom. The maximum absolute atomic E-state index is 10.3. The van der Waals surface area contributed by atoms with Gasteiger partial charge in [0, 0.05) is 18.3 Å². The topological polar surface area (TPSA) is 92.0 Å². The third-order valence-corrected chi connectivity index (χ3v) is 1.31. The van der Waals surface area contributed by atoms with Gasteiger partial charge in [-0.15, -0.1) is 0 Å². The van der Waals surface area contributed by atoms with Crippen molar-refractivity contribution >= 4 is 5.97 Å². The quantitative estimate of drug-likeness (QED) is 0.652. The Morgan fingerprint density at radius 1 is 1.57 bits per heavy atom. The van der Waals surface area contributed by atoms with Crippen molar-refractivity contribution < 1.29 is 24.0 Å². The maximum Gasteiger partial charge on any atom is 0.320 e. The Morgan fingerprint density at radius 2 is 2.14 bits per heavy atom. The third-order valence-electron chi connectivity index (χ3n) is 1.31. The fourth-order valence-electron chi connectivity index (χ4n) is 0.721. The number of rotatable bonds is 3. The van der Waals surface area contributed by atoms with Crippen LogP contribution in [0.3, 0.4) is 0 Å². The van der Waals surface area contributed by atoms with Crippen molar-refractivity contribution in [2.45, 2.75) is 12.5 Å². The van der Waals surface area contributed by atoms with Gasteiger partial charge in [0.15, 0.2) is 0 Å². The van der Waals surface area contributed by atoms with Gasteiger partial charge in [0.25, 0.3) is 0 Å². The summed E-state index contributed by atoms with van der Waals surface area (Å²) in [5, 5.41) is 8.42. The minimum absolute atomic E-state index is 0. The minimum Gasteiger partial charge on any atom is -0.480 e. The minimum atomic E-state index is -1.00. The maximum atomic E-state index is 10.3. The summed E-state index contributed by atoms with van der Waals surface area (Å²) in [7, 11) is 0. The van der Waals surface area contributed by atoms with Crippen LogP contribution in [0.2, 0.25) is 0 Å². The summed E-state index contributed by atoms with van der Waals surface area (Å²) in [6.07, 6.45) is 3.34. The zero-order chi connectivity index (χ0) is 8.27. The van der Waals surface area contributed by atoms with E-state index in [1.54, 1.807) is 6.20 Å². The first-order chi connectivity index (χ1) is 5.20. The summed E-state index contributed by atoms with van der Waals surface area (Å²) in [5.74, 6) is -1.00. The van der Waals surface area contributed by atoms with Gasteiger partial charge in [-0.1, -0.05) is 0 Å². The summed E-state index contributed by atoms with van der Waals surface area (Å²) in [6, 6.07) is -0.851. The number of H-pyrrole nitrogens is 1. The summed E-state index contributed by atoms with van der Waals surface area (Å²) >= 11 is 0. The molecule has 0 aliphatic carbocycles. The molecule has 0 fully saturated rings. The number of hydrogen-bond donors (Lipinski definition) is 3. The molecule has 1 rings (SSSR count). The molecule has 0 bridgehead atoms. The van der Waals surface area contributed by atoms with Gasteiger partial charge in [0.2, 0.25) is 0 Å². The fraction of sp³-hybridized carbons (Fsp3) is 0.333. The highest BCUT2D eigenvalue weighted by Gasteiger charge is 2.11. The largest absolute Gasteiger partial charge is 0.480 e. The number of nitrogens with one attached hydrogen (secondary N) is 1. The number of aromatic amines is 1. The van der Waals surface area contributed by atoms with Crippen molar-refractivity contribution in [2.24, 2.45) is 5.73 Å². The second-order valence-corrected chi connectivity index (χ2v) is 2.23. The number of imidazole rings is 1. The summed E-state index contributed by atoms with van der Waals surface area (Å²) in [6.45, 7) is 0. The van der Waals surface area contributed by atoms with E-state index in [1.165, 1.54) is 6.33 Å². The highest BCUT2D eigenvalue weighted by Crippen LogP contribution is 1.95. The van der Waals surface area contributed by atoms with E-state index in [4.69, 9.17) is 10.8 Å². The molecule has 0 saturated carbocycles. The van der Waals surface area contributed by atoms with E-state index >= 15 is 0 Å². The van der Waals surface area contributed by atoms with E-state index in [0.29, 0.717) is 0 Å². The van der Waals surface area contributed by atoms with E-state index in [1.807, 2.05) is 0 Å². The normalized spacial score (nSPS) is 10.1. The number of aliphatic carboxylic acids is 1. The Labute approximate surface area is 77.4 Å². The third kappa shape index (κ3) is 5.14. The van der Waals surface area contributed by atoms with Gasteiger partial charge in [-0.2, -0.15) is 0 Å². The molecule has 84 valence electrons. The molecule has 0 spiro atoms. The van der Waals surface area contributed by atoms with Crippen molar-refractivity contribution in [3.05, 3.63) is 18.2 Å². The molecule has 5 nitrogen and oxygen atoms in total. The molecule has 0 aliphatic heterocycles. The molecule has 14 heavy (non-hydrogen) atoms. The molecular weight excluding hydrogens is 203 g/mol. The van der Waals surface area contributed by atoms with Crippen molar-refractivity contribution in [2.75, 3.05) is 0 Å². The molecule has 0 amide bonds. The van der Waals surface area contributed by atoms with Crippen LogP contribution < -0.4 is 5.73 Å². The van der Waals surface area contributed by atoms with Gasteiger partial charge in [-0.05, 0) is 0 Å². The molecule has 8 heteroatoms. The molecule has 0 aliphatic rings. The number of carbonyl (C=O) groups is 1. The van der Waals surface area contributed by atoms with Gasteiger partial charge >= 0.3 is 5.97 Å². The number of nitrogens with zero attached hydrogens (tertiary/aromatic N) is 1. The average molecular weight is 215 g/mol. The van der Waals surface area contributed by atoms with Crippen molar-refractivity contribution in [3.8, 4) is 0 Å². The van der Waals surface area contributed by atoms with Crippen LogP contribution in [0.25, 0.3) is 0 Å². The Hall–Kier alpha value is -1.57. The molecule has 0 aromatic carbocycles. The first-order valence-corrected chi connectivity index (χ1v) is 3.16. The Bertz CT molecular complexity index is 242. The predicted octanol–water partition coefficient (Wildman–Crippen LogP) is -0.178. The van der Waals surface area contributed by atoms with Crippen LogP contribution in [-0.2, 0) is 11.2 Å². The molecule has 0 saturated heterocycles. The Balaban J connectivity index is -0.000000403. The average Bonchev–Trinajstić information content (AvgIpc) is 2.39. The summed E-state index contributed by atoms with van der Waals surface area (Å²) in [4.78, 5) is 16.8. The first kappa shape index (κ1) is 18.3. The molecule has 1 aromatic heterocycles. The molecule has 0 unspecified atom stereocenters. The lowest BCUT2D eigenvalue weighted by atomic mass is 10.2. The lowest BCUT2D eigenvalue weighted by molar-refractivity contribution is -0.138. The van der Waals surface area contributed by atoms with Crippen LogP contribution in [0.5, 0.6) is 0 Å². The zero-order valence-corrected chi connectivity index (χ0v) is 7.04. The Kier molecular flexibility index (Phi) is 10.5. The number of nitrogens with two attached hydrogens (primary N) is 1.